The van der Waals surface area contributed by atoms with Crippen LogP contribution in [0.1, 0.15) is 24.3 Å². The summed E-state index contributed by atoms with van der Waals surface area (Å²) < 4.78 is 14.4. The van der Waals surface area contributed by atoms with E-state index in [1.807, 2.05) is 35.2 Å². The number of thiophene rings is 1. The van der Waals surface area contributed by atoms with Gasteiger partial charge in [0.25, 0.3) is 0 Å². The minimum absolute atomic E-state index is 0.0586. The highest BCUT2D eigenvalue weighted by atomic mass is 32.1. The zero-order valence-corrected chi connectivity index (χ0v) is 17.5. The molecule has 2 heterocycles. The molecule has 5 heteroatoms. The lowest BCUT2D eigenvalue weighted by Gasteiger charge is -2.43. The van der Waals surface area contributed by atoms with Crippen molar-refractivity contribution in [2.24, 2.45) is 0 Å². The van der Waals surface area contributed by atoms with Gasteiger partial charge in [0.2, 0.25) is 5.91 Å². The molecule has 3 nitrogen and oxygen atoms in total. The molecule has 0 spiro atoms. The molecule has 0 radical (unpaired) electrons. The van der Waals surface area contributed by atoms with Crippen LogP contribution in [0.4, 0.5) is 4.39 Å². The van der Waals surface area contributed by atoms with Gasteiger partial charge in [-0.15, -0.1) is 11.3 Å². The molecule has 2 unspecified atom stereocenters. The maximum Gasteiger partial charge on any atom is 0.246 e. The van der Waals surface area contributed by atoms with Gasteiger partial charge in [-0.1, -0.05) is 30.3 Å². The Hall–Kier alpha value is -2.50. The molecular formula is C24H25FN2OS. The van der Waals surface area contributed by atoms with E-state index in [2.05, 4.69) is 36.9 Å². The molecule has 1 aromatic heterocycles. The van der Waals surface area contributed by atoms with E-state index < -0.39 is 0 Å². The molecule has 29 heavy (non-hydrogen) atoms. The summed E-state index contributed by atoms with van der Waals surface area (Å²) in [5, 5.41) is 1.21. The molecule has 0 saturated carbocycles. The van der Waals surface area contributed by atoms with E-state index in [0.717, 1.165) is 23.5 Å². The highest BCUT2D eigenvalue weighted by Gasteiger charge is 2.30. The number of hydrogen-bond donors (Lipinski definition) is 0. The predicted molar refractivity (Wildman–Crippen MR) is 118 cm³/mol. The van der Waals surface area contributed by atoms with Gasteiger partial charge in [0.1, 0.15) is 5.82 Å². The van der Waals surface area contributed by atoms with Crippen LogP contribution in [0.25, 0.3) is 16.2 Å². The first kappa shape index (κ1) is 19.8. The van der Waals surface area contributed by atoms with Gasteiger partial charge in [0.15, 0.2) is 0 Å². The summed E-state index contributed by atoms with van der Waals surface area (Å²) in [7, 11) is 0. The number of fused-ring (bicyclic) bond motifs is 1. The second-order valence-corrected chi connectivity index (χ2v) is 8.88. The number of carbonyl (C=O) groups is 1. The van der Waals surface area contributed by atoms with Crippen LogP contribution in [0.15, 0.2) is 60.7 Å². The van der Waals surface area contributed by atoms with Gasteiger partial charge < -0.3 is 4.90 Å². The van der Waals surface area contributed by atoms with Gasteiger partial charge in [-0.2, -0.15) is 0 Å². The first-order valence-electron chi connectivity index (χ1n) is 9.95. The van der Waals surface area contributed by atoms with Gasteiger partial charge in [0.05, 0.1) is 0 Å². The fourth-order valence-electron chi connectivity index (χ4n) is 3.88. The summed E-state index contributed by atoms with van der Waals surface area (Å²) in [5.74, 6) is -0.153. The Balaban J connectivity index is 1.40. The number of carbonyl (C=O) groups excluding carboxylic acids is 1. The molecule has 0 aliphatic carbocycles. The van der Waals surface area contributed by atoms with Crippen LogP contribution in [0.2, 0.25) is 0 Å². The van der Waals surface area contributed by atoms with Crippen LogP contribution in [0.3, 0.4) is 0 Å². The third-order valence-electron chi connectivity index (χ3n) is 5.53. The summed E-state index contributed by atoms with van der Waals surface area (Å²) in [4.78, 5) is 18.2. The Bertz CT molecular complexity index is 994. The lowest BCUT2D eigenvalue weighted by atomic mass is 10.1. The number of benzene rings is 2. The molecule has 1 fully saturated rings. The molecule has 2 aromatic carbocycles. The van der Waals surface area contributed by atoms with Crippen molar-refractivity contribution in [1.29, 1.82) is 0 Å². The summed E-state index contributed by atoms with van der Waals surface area (Å²) >= 11 is 1.70. The second kappa shape index (κ2) is 8.47. The number of rotatable bonds is 4. The number of hydrogen-bond acceptors (Lipinski definition) is 3. The fraction of sp³-hybridized carbons (Fsp3) is 0.292. The standard InChI is InChI=1S/C24H25FN2OS/c1-17-15-27(18(2)14-26(17)16-19-7-9-21(25)10-8-19)24(28)12-11-22-13-20-5-3-4-6-23(20)29-22/h3-13,17-18H,14-16H2,1-2H3. The fourth-order valence-corrected chi connectivity index (χ4v) is 4.85. The van der Waals surface area contributed by atoms with Crippen LogP contribution in [-0.4, -0.2) is 40.9 Å². The molecule has 1 aliphatic heterocycles. The van der Waals surface area contributed by atoms with Crippen molar-refractivity contribution in [2.75, 3.05) is 13.1 Å². The quantitative estimate of drug-likeness (QED) is 0.556. The van der Waals surface area contributed by atoms with Crippen molar-refractivity contribution in [2.45, 2.75) is 32.5 Å². The third kappa shape index (κ3) is 4.57. The molecule has 2 atom stereocenters. The average molecular weight is 409 g/mol. The molecule has 0 N–H and O–H groups in total. The van der Waals surface area contributed by atoms with E-state index in [4.69, 9.17) is 0 Å². The summed E-state index contributed by atoms with van der Waals surface area (Å²) in [5.41, 5.74) is 1.09. The molecule has 3 aromatic rings. The van der Waals surface area contributed by atoms with Gasteiger partial charge in [-0.3, -0.25) is 9.69 Å². The Kier molecular flexibility index (Phi) is 5.79. The van der Waals surface area contributed by atoms with E-state index in [0.29, 0.717) is 6.54 Å². The van der Waals surface area contributed by atoms with Crippen molar-refractivity contribution >= 4 is 33.4 Å². The van der Waals surface area contributed by atoms with Gasteiger partial charge >= 0.3 is 0 Å². The molecule has 1 aliphatic rings. The van der Waals surface area contributed by atoms with E-state index in [-0.39, 0.29) is 23.8 Å². The molecule has 4 rings (SSSR count). The van der Waals surface area contributed by atoms with Crippen LogP contribution in [0.5, 0.6) is 0 Å². The van der Waals surface area contributed by atoms with Crippen LogP contribution >= 0.6 is 11.3 Å². The third-order valence-corrected chi connectivity index (χ3v) is 6.61. The van der Waals surface area contributed by atoms with Crippen molar-refractivity contribution in [1.82, 2.24) is 9.80 Å². The normalized spacial score (nSPS) is 20.6. The maximum absolute atomic E-state index is 13.1. The summed E-state index contributed by atoms with van der Waals surface area (Å²) in [6.07, 6.45) is 3.62. The average Bonchev–Trinajstić information content (AvgIpc) is 3.13. The molecule has 0 bridgehead atoms. The Morgan fingerprint density at radius 3 is 2.62 bits per heavy atom. The highest BCUT2D eigenvalue weighted by molar-refractivity contribution is 7.19. The Morgan fingerprint density at radius 1 is 1.10 bits per heavy atom. The zero-order valence-electron chi connectivity index (χ0n) is 16.7. The smallest absolute Gasteiger partial charge is 0.246 e. The number of amides is 1. The van der Waals surface area contributed by atoms with E-state index >= 15 is 0 Å². The van der Waals surface area contributed by atoms with Crippen molar-refractivity contribution < 1.29 is 9.18 Å². The summed E-state index contributed by atoms with van der Waals surface area (Å²) in [6.45, 7) is 6.50. The number of piperazine rings is 1. The Morgan fingerprint density at radius 2 is 1.86 bits per heavy atom. The highest BCUT2D eigenvalue weighted by Crippen LogP contribution is 2.26. The molecular weight excluding hydrogens is 383 g/mol. The van der Waals surface area contributed by atoms with Crippen molar-refractivity contribution in [3.8, 4) is 0 Å². The summed E-state index contributed by atoms with van der Waals surface area (Å²) in [6, 6.07) is 17.4. The first-order chi connectivity index (χ1) is 14.0. The van der Waals surface area contributed by atoms with Gasteiger partial charge in [-0.05, 0) is 55.1 Å². The van der Waals surface area contributed by atoms with Crippen molar-refractivity contribution in [3.63, 3.8) is 0 Å². The van der Waals surface area contributed by atoms with Crippen LogP contribution < -0.4 is 0 Å². The molecule has 150 valence electrons. The largest absolute Gasteiger partial charge is 0.334 e. The number of halogens is 1. The first-order valence-corrected chi connectivity index (χ1v) is 10.8. The van der Waals surface area contributed by atoms with Crippen molar-refractivity contribution in [3.05, 3.63) is 76.9 Å². The number of nitrogens with zero attached hydrogens (tertiary/aromatic N) is 2. The van der Waals surface area contributed by atoms with E-state index in [9.17, 15) is 9.18 Å². The van der Waals surface area contributed by atoms with Gasteiger partial charge in [-0.25, -0.2) is 4.39 Å². The minimum atomic E-state index is -0.212. The van der Waals surface area contributed by atoms with Gasteiger partial charge in [0, 0.05) is 47.4 Å². The SMILES string of the molecule is CC1CN(C(=O)C=Cc2cc3ccccc3s2)C(C)CN1Cc1ccc(F)cc1. The maximum atomic E-state index is 13.1. The zero-order chi connectivity index (χ0) is 20.4. The Labute approximate surface area is 175 Å². The minimum Gasteiger partial charge on any atom is -0.334 e. The lowest BCUT2D eigenvalue weighted by Crippen LogP contribution is -2.57. The lowest BCUT2D eigenvalue weighted by molar-refractivity contribution is -0.131. The second-order valence-electron chi connectivity index (χ2n) is 7.76. The van der Waals surface area contributed by atoms with Crippen LogP contribution in [0, 0.1) is 5.82 Å². The van der Waals surface area contributed by atoms with Crippen LogP contribution in [-0.2, 0) is 11.3 Å². The molecule has 1 saturated heterocycles. The monoisotopic (exact) mass is 408 g/mol. The van der Waals surface area contributed by atoms with E-state index in [1.54, 1.807) is 17.4 Å². The molecule has 1 amide bonds. The topological polar surface area (TPSA) is 23.6 Å². The predicted octanol–water partition coefficient (Wildman–Crippen LogP) is 5.18. The van der Waals surface area contributed by atoms with E-state index in [1.165, 1.54) is 22.2 Å².